The molecular formula is C14H12N2O3S. The van der Waals surface area contributed by atoms with E-state index in [1.807, 2.05) is 30.3 Å². The lowest BCUT2D eigenvalue weighted by Gasteiger charge is -2.08. The molecule has 2 rings (SSSR count). The maximum atomic E-state index is 11.6. The minimum absolute atomic E-state index is 0.0752. The summed E-state index contributed by atoms with van der Waals surface area (Å²) in [6.45, 7) is 3.93. The standard InChI is InChI=1S/C14H12N2O3S/c1-10-7-15-14(18)16-13(10)20-9-12(17)19-8-11-5-3-2-4-6-11/h2-7H,1,8-9H2. The third-order valence-electron chi connectivity index (χ3n) is 2.37. The van der Waals surface area contributed by atoms with Crippen LogP contribution in [0.5, 0.6) is 0 Å². The van der Waals surface area contributed by atoms with Gasteiger partial charge in [-0.3, -0.25) is 4.79 Å². The van der Waals surface area contributed by atoms with E-state index in [1.54, 1.807) is 0 Å². The van der Waals surface area contributed by atoms with Gasteiger partial charge in [0.1, 0.15) is 11.7 Å². The summed E-state index contributed by atoms with van der Waals surface area (Å²) in [5.41, 5.74) is 1.44. The van der Waals surface area contributed by atoms with Crippen molar-refractivity contribution in [3.05, 3.63) is 48.0 Å². The molecule has 1 aromatic rings. The van der Waals surface area contributed by atoms with Crippen LogP contribution in [0.25, 0.3) is 0 Å². The summed E-state index contributed by atoms with van der Waals surface area (Å²) in [6.07, 6.45) is 1.34. The van der Waals surface area contributed by atoms with Crippen molar-refractivity contribution in [2.75, 3.05) is 5.75 Å². The van der Waals surface area contributed by atoms with Gasteiger partial charge >= 0.3 is 12.0 Å². The second-order valence-electron chi connectivity index (χ2n) is 3.92. The molecule has 0 unspecified atom stereocenters. The molecule has 0 fully saturated rings. The third-order valence-corrected chi connectivity index (χ3v) is 3.38. The van der Waals surface area contributed by atoms with Gasteiger partial charge in [-0.1, -0.05) is 48.7 Å². The van der Waals surface area contributed by atoms with Gasteiger partial charge in [0.05, 0.1) is 5.75 Å². The van der Waals surface area contributed by atoms with Crippen molar-refractivity contribution < 1.29 is 14.3 Å². The highest BCUT2D eigenvalue weighted by Gasteiger charge is 2.14. The minimum Gasteiger partial charge on any atom is -0.460 e. The smallest absolute Gasteiger partial charge is 0.368 e. The van der Waals surface area contributed by atoms with Gasteiger partial charge in [0.2, 0.25) is 0 Å². The number of aliphatic imine (C=N–C) groups is 2. The average Bonchev–Trinajstić information content (AvgIpc) is 2.47. The predicted molar refractivity (Wildman–Crippen MR) is 79.2 cm³/mol. The van der Waals surface area contributed by atoms with E-state index in [4.69, 9.17) is 4.74 Å². The summed E-state index contributed by atoms with van der Waals surface area (Å²) < 4.78 is 5.12. The lowest BCUT2D eigenvalue weighted by Crippen LogP contribution is -2.13. The summed E-state index contributed by atoms with van der Waals surface area (Å²) in [4.78, 5) is 29.8. The van der Waals surface area contributed by atoms with Crippen molar-refractivity contribution in [2.24, 2.45) is 9.98 Å². The van der Waals surface area contributed by atoms with Gasteiger partial charge in [0.25, 0.3) is 0 Å². The van der Waals surface area contributed by atoms with E-state index in [0.29, 0.717) is 10.6 Å². The fraction of sp³-hybridized carbons (Fsp3) is 0.143. The molecule has 0 spiro atoms. The first-order chi connectivity index (χ1) is 9.65. The maximum absolute atomic E-state index is 11.6. The van der Waals surface area contributed by atoms with Crippen LogP contribution in [0.2, 0.25) is 0 Å². The Balaban J connectivity index is 1.78. The van der Waals surface area contributed by atoms with Crippen LogP contribution < -0.4 is 0 Å². The van der Waals surface area contributed by atoms with Crippen molar-refractivity contribution in [1.29, 1.82) is 0 Å². The molecule has 2 amide bonds. The second kappa shape index (κ2) is 6.81. The van der Waals surface area contributed by atoms with Crippen LogP contribution in [0.1, 0.15) is 5.56 Å². The van der Waals surface area contributed by atoms with E-state index < -0.39 is 6.03 Å². The summed E-state index contributed by atoms with van der Waals surface area (Å²) >= 11 is 1.12. The van der Waals surface area contributed by atoms with Crippen molar-refractivity contribution in [1.82, 2.24) is 0 Å². The minimum atomic E-state index is -0.586. The first-order valence-electron chi connectivity index (χ1n) is 5.83. The molecule has 6 heteroatoms. The zero-order valence-corrected chi connectivity index (χ0v) is 11.4. The second-order valence-corrected chi connectivity index (χ2v) is 4.88. The van der Waals surface area contributed by atoms with Gasteiger partial charge in [0, 0.05) is 11.8 Å². The first kappa shape index (κ1) is 14.2. The van der Waals surface area contributed by atoms with Crippen LogP contribution >= 0.6 is 11.8 Å². The number of ether oxygens (including phenoxy) is 1. The maximum Gasteiger partial charge on any atom is 0.368 e. The van der Waals surface area contributed by atoms with Crippen LogP contribution in [-0.2, 0) is 16.1 Å². The number of carbonyl (C=O) groups excluding carboxylic acids is 2. The van der Waals surface area contributed by atoms with Gasteiger partial charge in [-0.15, -0.1) is 0 Å². The normalized spacial score (nSPS) is 14.1. The Morgan fingerprint density at radius 3 is 2.80 bits per heavy atom. The van der Waals surface area contributed by atoms with Crippen LogP contribution in [0.4, 0.5) is 4.79 Å². The highest BCUT2D eigenvalue weighted by Crippen LogP contribution is 2.15. The Bertz CT molecular complexity index is 594. The quantitative estimate of drug-likeness (QED) is 0.799. The Morgan fingerprint density at radius 1 is 1.30 bits per heavy atom. The zero-order chi connectivity index (χ0) is 14.4. The molecule has 1 aromatic carbocycles. The Labute approximate surface area is 120 Å². The number of nitrogens with zero attached hydrogens (tertiary/aromatic N) is 2. The molecule has 0 saturated carbocycles. The zero-order valence-electron chi connectivity index (χ0n) is 10.6. The van der Waals surface area contributed by atoms with E-state index in [1.165, 1.54) is 6.21 Å². The van der Waals surface area contributed by atoms with E-state index in [0.717, 1.165) is 17.3 Å². The van der Waals surface area contributed by atoms with Gasteiger partial charge < -0.3 is 4.74 Å². The highest BCUT2D eigenvalue weighted by molar-refractivity contribution is 8.15. The summed E-state index contributed by atoms with van der Waals surface area (Å²) in [7, 11) is 0. The average molecular weight is 288 g/mol. The van der Waals surface area contributed by atoms with Gasteiger partial charge in [0.15, 0.2) is 0 Å². The van der Waals surface area contributed by atoms with Gasteiger partial charge in [-0.2, -0.15) is 9.98 Å². The van der Waals surface area contributed by atoms with E-state index in [2.05, 4.69) is 16.6 Å². The fourth-order valence-corrected chi connectivity index (χ4v) is 2.13. The lowest BCUT2D eigenvalue weighted by molar-refractivity contribution is -0.141. The molecule has 0 saturated heterocycles. The Morgan fingerprint density at radius 2 is 2.05 bits per heavy atom. The first-order valence-corrected chi connectivity index (χ1v) is 6.82. The number of amides is 2. The highest BCUT2D eigenvalue weighted by atomic mass is 32.2. The molecule has 1 aliphatic heterocycles. The van der Waals surface area contributed by atoms with E-state index in [-0.39, 0.29) is 18.3 Å². The number of esters is 1. The fourth-order valence-electron chi connectivity index (χ4n) is 1.41. The molecular weight excluding hydrogens is 276 g/mol. The topological polar surface area (TPSA) is 68.1 Å². The summed E-state index contributed by atoms with van der Waals surface area (Å²) in [5, 5.41) is 0.404. The molecule has 1 aliphatic rings. The van der Waals surface area contributed by atoms with E-state index >= 15 is 0 Å². The third kappa shape index (κ3) is 4.17. The molecule has 0 radical (unpaired) electrons. The predicted octanol–water partition coefficient (Wildman–Crippen LogP) is 2.62. The number of benzene rings is 1. The summed E-state index contributed by atoms with van der Waals surface area (Å²) in [6, 6.07) is 8.82. The molecule has 0 aliphatic carbocycles. The van der Waals surface area contributed by atoms with Gasteiger partial charge in [-0.05, 0) is 5.56 Å². The Hall–Kier alpha value is -2.21. The van der Waals surface area contributed by atoms with Crippen LogP contribution in [0.15, 0.2) is 52.5 Å². The molecule has 0 bridgehead atoms. The summed E-state index contributed by atoms with van der Waals surface area (Å²) in [5.74, 6) is -0.296. The van der Waals surface area contributed by atoms with Crippen molar-refractivity contribution in [2.45, 2.75) is 6.61 Å². The number of thioether (sulfide) groups is 1. The monoisotopic (exact) mass is 288 g/mol. The number of hydrogen-bond acceptors (Lipinski definition) is 4. The number of hydrogen-bond donors (Lipinski definition) is 0. The molecule has 102 valence electrons. The molecule has 0 N–H and O–H groups in total. The Kier molecular flexibility index (Phi) is 4.84. The molecule has 5 nitrogen and oxygen atoms in total. The van der Waals surface area contributed by atoms with Gasteiger partial charge in [-0.25, -0.2) is 4.79 Å². The molecule has 0 aromatic heterocycles. The molecule has 20 heavy (non-hydrogen) atoms. The van der Waals surface area contributed by atoms with Crippen LogP contribution in [-0.4, -0.2) is 29.0 Å². The molecule has 1 heterocycles. The number of urea groups is 1. The van der Waals surface area contributed by atoms with E-state index in [9.17, 15) is 9.59 Å². The van der Waals surface area contributed by atoms with Crippen molar-refractivity contribution in [3.63, 3.8) is 0 Å². The molecule has 0 atom stereocenters. The van der Waals surface area contributed by atoms with Crippen LogP contribution in [0.3, 0.4) is 0 Å². The largest absolute Gasteiger partial charge is 0.460 e. The SMILES string of the molecule is C=C1C=NC(=O)N=C1SCC(=O)OCc1ccccc1. The van der Waals surface area contributed by atoms with Crippen LogP contribution in [0, 0.1) is 0 Å². The van der Waals surface area contributed by atoms with Crippen molar-refractivity contribution >= 4 is 35.0 Å². The number of carbonyl (C=O) groups is 2. The lowest BCUT2D eigenvalue weighted by atomic mass is 10.2. The van der Waals surface area contributed by atoms with Crippen molar-refractivity contribution in [3.8, 4) is 0 Å². The number of rotatable bonds is 4.